The number of hydrogen-bond donors (Lipinski definition) is 0. The summed E-state index contributed by atoms with van der Waals surface area (Å²) < 4.78 is 10.0. The zero-order valence-electron chi connectivity index (χ0n) is 10.2. The van der Waals surface area contributed by atoms with E-state index in [2.05, 4.69) is 4.90 Å². The molecule has 4 heteroatoms. The molecule has 1 fully saturated rings. The van der Waals surface area contributed by atoms with Crippen LogP contribution in [0.3, 0.4) is 0 Å². The van der Waals surface area contributed by atoms with Crippen molar-refractivity contribution in [2.24, 2.45) is 5.41 Å². The van der Waals surface area contributed by atoms with Gasteiger partial charge in [-0.05, 0) is 12.1 Å². The summed E-state index contributed by atoms with van der Waals surface area (Å²) in [6, 6.07) is 9.97. The van der Waals surface area contributed by atoms with Crippen molar-refractivity contribution < 1.29 is 14.3 Å². The summed E-state index contributed by atoms with van der Waals surface area (Å²) in [5.41, 5.74) is 0.585. The van der Waals surface area contributed by atoms with E-state index in [0.717, 1.165) is 5.69 Å². The lowest BCUT2D eigenvalue weighted by Crippen LogP contribution is -2.56. The molecule has 1 saturated heterocycles. The van der Waals surface area contributed by atoms with Crippen LogP contribution in [0.4, 0.5) is 5.69 Å². The van der Waals surface area contributed by atoms with Gasteiger partial charge in [0.2, 0.25) is 0 Å². The van der Waals surface area contributed by atoms with Crippen molar-refractivity contribution in [3.8, 4) is 0 Å². The first kappa shape index (κ1) is 11.9. The molecule has 1 heterocycles. The summed E-state index contributed by atoms with van der Waals surface area (Å²) >= 11 is 0. The van der Waals surface area contributed by atoms with Crippen LogP contribution in [0.2, 0.25) is 0 Å². The summed E-state index contributed by atoms with van der Waals surface area (Å²) in [4.78, 5) is 13.8. The van der Waals surface area contributed by atoms with Gasteiger partial charge < -0.3 is 14.4 Å². The minimum Gasteiger partial charge on any atom is -0.468 e. The Morgan fingerprint density at radius 1 is 1.41 bits per heavy atom. The van der Waals surface area contributed by atoms with E-state index in [-0.39, 0.29) is 5.97 Å². The highest BCUT2D eigenvalue weighted by Gasteiger charge is 2.48. The van der Waals surface area contributed by atoms with Crippen LogP contribution in [0.1, 0.15) is 0 Å². The third kappa shape index (κ3) is 2.26. The van der Waals surface area contributed by atoms with Crippen LogP contribution in [0.25, 0.3) is 0 Å². The second kappa shape index (κ2) is 4.75. The topological polar surface area (TPSA) is 38.8 Å². The standard InChI is InChI=1S/C13H17NO3/c1-14(11-6-4-3-5-7-11)8-13(9-17-10-13)12(15)16-2/h3-7H,8-10H2,1-2H3. The van der Waals surface area contributed by atoms with Crippen molar-refractivity contribution in [3.63, 3.8) is 0 Å². The number of carbonyl (C=O) groups is 1. The van der Waals surface area contributed by atoms with Crippen molar-refractivity contribution in [2.45, 2.75) is 0 Å². The average Bonchev–Trinajstić information content (AvgIpc) is 2.33. The van der Waals surface area contributed by atoms with Crippen LogP contribution >= 0.6 is 0 Å². The highest BCUT2D eigenvalue weighted by molar-refractivity contribution is 5.79. The second-order valence-electron chi connectivity index (χ2n) is 4.46. The first-order chi connectivity index (χ1) is 8.18. The van der Waals surface area contributed by atoms with Gasteiger partial charge in [0.1, 0.15) is 5.41 Å². The van der Waals surface area contributed by atoms with Gasteiger partial charge >= 0.3 is 5.97 Å². The third-order valence-corrected chi connectivity index (χ3v) is 3.11. The molecular formula is C13H17NO3. The molecule has 0 bridgehead atoms. The predicted octanol–water partition coefficient (Wildman–Crippen LogP) is 1.31. The van der Waals surface area contributed by atoms with Gasteiger partial charge in [0.25, 0.3) is 0 Å². The SMILES string of the molecule is COC(=O)C1(CN(C)c2ccccc2)COC1. The zero-order chi connectivity index (χ0) is 12.3. The molecule has 0 unspecified atom stereocenters. The highest BCUT2D eigenvalue weighted by atomic mass is 16.5. The smallest absolute Gasteiger partial charge is 0.318 e. The van der Waals surface area contributed by atoms with Gasteiger partial charge in [-0.3, -0.25) is 4.79 Å². The summed E-state index contributed by atoms with van der Waals surface area (Å²) in [5, 5.41) is 0. The number of benzene rings is 1. The summed E-state index contributed by atoms with van der Waals surface area (Å²) in [6.07, 6.45) is 0. The number of hydrogen-bond acceptors (Lipinski definition) is 4. The van der Waals surface area contributed by atoms with Gasteiger partial charge in [0.05, 0.1) is 20.3 Å². The van der Waals surface area contributed by atoms with Gasteiger partial charge in [0, 0.05) is 19.3 Å². The average molecular weight is 235 g/mol. The van der Waals surface area contributed by atoms with E-state index in [1.165, 1.54) is 7.11 Å². The van der Waals surface area contributed by atoms with Gasteiger partial charge in [-0.25, -0.2) is 0 Å². The quantitative estimate of drug-likeness (QED) is 0.738. The molecule has 1 aromatic carbocycles. The number of para-hydroxylation sites is 1. The fourth-order valence-corrected chi connectivity index (χ4v) is 2.07. The molecule has 4 nitrogen and oxygen atoms in total. The Hall–Kier alpha value is -1.55. The van der Waals surface area contributed by atoms with Gasteiger partial charge in [-0.1, -0.05) is 18.2 Å². The number of nitrogens with zero attached hydrogens (tertiary/aromatic N) is 1. The lowest BCUT2D eigenvalue weighted by molar-refractivity contribution is -0.180. The molecule has 0 atom stereocenters. The molecule has 1 aliphatic heterocycles. The largest absolute Gasteiger partial charge is 0.468 e. The number of rotatable bonds is 4. The van der Waals surface area contributed by atoms with Crippen molar-refractivity contribution >= 4 is 11.7 Å². The number of carbonyl (C=O) groups excluding carboxylic acids is 1. The van der Waals surface area contributed by atoms with E-state index in [1.807, 2.05) is 37.4 Å². The molecule has 2 rings (SSSR count). The second-order valence-corrected chi connectivity index (χ2v) is 4.46. The van der Waals surface area contributed by atoms with Gasteiger partial charge in [-0.15, -0.1) is 0 Å². The van der Waals surface area contributed by atoms with E-state index in [0.29, 0.717) is 19.8 Å². The minimum absolute atomic E-state index is 0.188. The molecule has 0 radical (unpaired) electrons. The molecular weight excluding hydrogens is 218 g/mol. The predicted molar refractivity (Wildman–Crippen MR) is 65.0 cm³/mol. The Bertz CT molecular complexity index is 387. The fourth-order valence-electron chi connectivity index (χ4n) is 2.07. The Labute approximate surface area is 101 Å². The lowest BCUT2D eigenvalue weighted by Gasteiger charge is -2.41. The van der Waals surface area contributed by atoms with E-state index in [1.54, 1.807) is 0 Å². The molecule has 0 N–H and O–H groups in total. The maximum Gasteiger partial charge on any atom is 0.318 e. The maximum absolute atomic E-state index is 11.8. The summed E-state index contributed by atoms with van der Waals surface area (Å²) in [5.74, 6) is -0.188. The zero-order valence-corrected chi connectivity index (χ0v) is 10.2. The van der Waals surface area contributed by atoms with E-state index < -0.39 is 5.41 Å². The first-order valence-corrected chi connectivity index (χ1v) is 5.60. The van der Waals surface area contributed by atoms with Crippen LogP contribution in [0.5, 0.6) is 0 Å². The summed E-state index contributed by atoms with van der Waals surface area (Å²) in [7, 11) is 3.39. The molecule has 92 valence electrons. The van der Waals surface area contributed by atoms with E-state index in [4.69, 9.17) is 9.47 Å². The molecule has 0 spiro atoms. The fraction of sp³-hybridized carbons (Fsp3) is 0.462. The highest BCUT2D eigenvalue weighted by Crippen LogP contribution is 2.31. The van der Waals surface area contributed by atoms with Crippen LogP contribution < -0.4 is 4.90 Å². The number of ether oxygens (including phenoxy) is 2. The first-order valence-electron chi connectivity index (χ1n) is 5.60. The van der Waals surface area contributed by atoms with Crippen molar-refractivity contribution in [1.82, 2.24) is 0 Å². The molecule has 17 heavy (non-hydrogen) atoms. The lowest BCUT2D eigenvalue weighted by atomic mass is 9.85. The number of anilines is 1. The molecule has 0 aliphatic carbocycles. The van der Waals surface area contributed by atoms with Gasteiger partial charge in [-0.2, -0.15) is 0 Å². The summed E-state index contributed by atoms with van der Waals surface area (Å²) in [6.45, 7) is 1.50. The maximum atomic E-state index is 11.8. The third-order valence-electron chi connectivity index (χ3n) is 3.11. The monoisotopic (exact) mass is 235 g/mol. The Balaban J connectivity index is 2.07. The van der Waals surface area contributed by atoms with Crippen molar-refractivity contribution in [2.75, 3.05) is 38.8 Å². The van der Waals surface area contributed by atoms with Crippen molar-refractivity contribution in [3.05, 3.63) is 30.3 Å². The number of esters is 1. The van der Waals surface area contributed by atoms with Crippen LogP contribution in [0.15, 0.2) is 30.3 Å². The van der Waals surface area contributed by atoms with E-state index >= 15 is 0 Å². The molecule has 0 amide bonds. The molecule has 1 aliphatic rings. The van der Waals surface area contributed by atoms with Crippen LogP contribution in [-0.2, 0) is 14.3 Å². The Morgan fingerprint density at radius 2 is 2.06 bits per heavy atom. The van der Waals surface area contributed by atoms with Crippen LogP contribution in [-0.4, -0.2) is 39.9 Å². The molecule has 1 aromatic rings. The van der Waals surface area contributed by atoms with Gasteiger partial charge in [0.15, 0.2) is 0 Å². The molecule has 0 aromatic heterocycles. The van der Waals surface area contributed by atoms with Crippen molar-refractivity contribution in [1.29, 1.82) is 0 Å². The Kier molecular flexibility index (Phi) is 3.33. The van der Waals surface area contributed by atoms with E-state index in [9.17, 15) is 4.79 Å². The normalized spacial score (nSPS) is 17.1. The molecule has 0 saturated carbocycles. The number of methoxy groups -OCH3 is 1. The Morgan fingerprint density at radius 3 is 2.53 bits per heavy atom. The van der Waals surface area contributed by atoms with Crippen LogP contribution in [0, 0.1) is 5.41 Å². The minimum atomic E-state index is -0.501.